The third-order valence-electron chi connectivity index (χ3n) is 4.59. The second-order valence-corrected chi connectivity index (χ2v) is 6.64. The number of benzene rings is 2. The van der Waals surface area contributed by atoms with Crippen LogP contribution in [0.3, 0.4) is 0 Å². The average molecular weight is 308 g/mol. The molecule has 0 saturated carbocycles. The molecule has 0 bridgehead atoms. The predicted molar refractivity (Wildman–Crippen MR) is 93.6 cm³/mol. The zero-order valence-corrected chi connectivity index (χ0v) is 13.9. The Morgan fingerprint density at radius 2 is 1.52 bits per heavy atom. The standard InChI is InChI=1S/C20H24N2O/c1-3-12-20(2,21)19(23)22-13-15-8-4-6-10-17(15)18-11-7-5-9-16(18)14-22/h4-11H,3,12-14,21H2,1-2H3. The van der Waals surface area contributed by atoms with E-state index in [-0.39, 0.29) is 5.91 Å². The van der Waals surface area contributed by atoms with E-state index in [9.17, 15) is 4.79 Å². The van der Waals surface area contributed by atoms with E-state index in [4.69, 9.17) is 5.73 Å². The molecular formula is C20H24N2O. The van der Waals surface area contributed by atoms with E-state index in [1.165, 1.54) is 22.3 Å². The molecule has 1 heterocycles. The van der Waals surface area contributed by atoms with Crippen LogP contribution in [0.25, 0.3) is 11.1 Å². The van der Waals surface area contributed by atoms with Crippen LogP contribution in [0, 0.1) is 0 Å². The Hall–Kier alpha value is -2.13. The molecule has 0 saturated heterocycles. The molecule has 0 radical (unpaired) electrons. The van der Waals surface area contributed by atoms with Crippen molar-refractivity contribution in [1.82, 2.24) is 4.90 Å². The fraction of sp³-hybridized carbons (Fsp3) is 0.350. The maximum absolute atomic E-state index is 13.0. The van der Waals surface area contributed by atoms with Crippen molar-refractivity contribution in [2.45, 2.75) is 45.3 Å². The van der Waals surface area contributed by atoms with Crippen LogP contribution in [0.4, 0.5) is 0 Å². The summed E-state index contributed by atoms with van der Waals surface area (Å²) in [6, 6.07) is 16.6. The summed E-state index contributed by atoms with van der Waals surface area (Å²) in [7, 11) is 0. The lowest BCUT2D eigenvalue weighted by Crippen LogP contribution is -2.52. The van der Waals surface area contributed by atoms with Gasteiger partial charge in [0.15, 0.2) is 0 Å². The molecular weight excluding hydrogens is 284 g/mol. The van der Waals surface area contributed by atoms with Gasteiger partial charge < -0.3 is 10.6 Å². The average Bonchev–Trinajstić information content (AvgIpc) is 2.71. The third-order valence-corrected chi connectivity index (χ3v) is 4.59. The zero-order chi connectivity index (χ0) is 16.4. The van der Waals surface area contributed by atoms with E-state index in [0.29, 0.717) is 19.5 Å². The molecule has 120 valence electrons. The normalized spacial score (nSPS) is 16.0. The van der Waals surface area contributed by atoms with Gasteiger partial charge in [0.25, 0.3) is 0 Å². The largest absolute Gasteiger partial charge is 0.332 e. The van der Waals surface area contributed by atoms with Crippen LogP contribution in [0.2, 0.25) is 0 Å². The first kappa shape index (κ1) is 15.8. The third kappa shape index (κ3) is 3.02. The number of carbonyl (C=O) groups is 1. The highest BCUT2D eigenvalue weighted by molar-refractivity contribution is 5.86. The molecule has 1 unspecified atom stereocenters. The summed E-state index contributed by atoms with van der Waals surface area (Å²) in [5.74, 6) is 0.0332. The van der Waals surface area contributed by atoms with Crippen LogP contribution < -0.4 is 5.73 Å². The fourth-order valence-corrected chi connectivity index (χ4v) is 3.44. The number of amides is 1. The second kappa shape index (κ2) is 6.17. The highest BCUT2D eigenvalue weighted by atomic mass is 16.2. The Bertz CT molecular complexity index is 674. The van der Waals surface area contributed by atoms with Crippen LogP contribution in [0.15, 0.2) is 48.5 Å². The van der Waals surface area contributed by atoms with Crippen molar-refractivity contribution >= 4 is 5.91 Å². The first-order valence-electron chi connectivity index (χ1n) is 8.27. The van der Waals surface area contributed by atoms with Gasteiger partial charge >= 0.3 is 0 Å². The van der Waals surface area contributed by atoms with Crippen molar-refractivity contribution in [3.05, 3.63) is 59.7 Å². The molecule has 23 heavy (non-hydrogen) atoms. The molecule has 3 heteroatoms. The smallest absolute Gasteiger partial charge is 0.242 e. The first-order valence-corrected chi connectivity index (χ1v) is 8.27. The first-order chi connectivity index (χ1) is 11.0. The molecule has 0 fully saturated rings. The van der Waals surface area contributed by atoms with Crippen LogP contribution in [-0.4, -0.2) is 16.3 Å². The van der Waals surface area contributed by atoms with Crippen molar-refractivity contribution in [3.63, 3.8) is 0 Å². The van der Waals surface area contributed by atoms with Gasteiger partial charge in [-0.25, -0.2) is 0 Å². The molecule has 2 N–H and O–H groups in total. The van der Waals surface area contributed by atoms with Gasteiger partial charge in [0.2, 0.25) is 5.91 Å². The summed E-state index contributed by atoms with van der Waals surface area (Å²) in [5.41, 5.74) is 10.3. The minimum Gasteiger partial charge on any atom is -0.332 e. The molecule has 0 spiro atoms. The van der Waals surface area contributed by atoms with Gasteiger partial charge in [0.1, 0.15) is 0 Å². The summed E-state index contributed by atoms with van der Waals surface area (Å²) >= 11 is 0. The van der Waals surface area contributed by atoms with Crippen LogP contribution in [0.5, 0.6) is 0 Å². The van der Waals surface area contributed by atoms with Crippen molar-refractivity contribution in [1.29, 1.82) is 0 Å². The van der Waals surface area contributed by atoms with E-state index < -0.39 is 5.54 Å². The summed E-state index contributed by atoms with van der Waals surface area (Å²) in [4.78, 5) is 14.9. The molecule has 3 rings (SSSR count). The van der Waals surface area contributed by atoms with Crippen LogP contribution in [-0.2, 0) is 17.9 Å². The summed E-state index contributed by atoms with van der Waals surface area (Å²) < 4.78 is 0. The summed E-state index contributed by atoms with van der Waals surface area (Å²) in [6.45, 7) is 5.13. The van der Waals surface area contributed by atoms with Crippen molar-refractivity contribution in [2.75, 3.05) is 0 Å². The lowest BCUT2D eigenvalue weighted by molar-refractivity contribution is -0.138. The Labute approximate surface area is 138 Å². The van der Waals surface area contributed by atoms with Gasteiger partial charge in [-0.2, -0.15) is 0 Å². The van der Waals surface area contributed by atoms with Crippen molar-refractivity contribution in [2.24, 2.45) is 5.73 Å². The van der Waals surface area contributed by atoms with Gasteiger partial charge in [-0.15, -0.1) is 0 Å². The minimum atomic E-state index is -0.803. The number of nitrogens with zero attached hydrogens (tertiary/aromatic N) is 1. The van der Waals surface area contributed by atoms with Gasteiger partial charge in [0.05, 0.1) is 5.54 Å². The van der Waals surface area contributed by atoms with Crippen LogP contribution in [0.1, 0.15) is 37.8 Å². The molecule has 0 aliphatic carbocycles. The lowest BCUT2D eigenvalue weighted by Gasteiger charge is -2.31. The fourth-order valence-electron chi connectivity index (χ4n) is 3.44. The van der Waals surface area contributed by atoms with E-state index >= 15 is 0 Å². The molecule has 1 aliphatic heterocycles. The summed E-state index contributed by atoms with van der Waals surface area (Å²) in [6.07, 6.45) is 1.60. The number of carbonyl (C=O) groups excluding carboxylic acids is 1. The maximum Gasteiger partial charge on any atom is 0.242 e. The van der Waals surface area contributed by atoms with Gasteiger partial charge in [-0.3, -0.25) is 4.79 Å². The Kier molecular flexibility index (Phi) is 4.22. The molecule has 1 atom stereocenters. The molecule has 3 nitrogen and oxygen atoms in total. The lowest BCUT2D eigenvalue weighted by atomic mass is 9.95. The van der Waals surface area contributed by atoms with Crippen molar-refractivity contribution < 1.29 is 4.79 Å². The number of fused-ring (bicyclic) bond motifs is 3. The van der Waals surface area contributed by atoms with E-state index in [1.54, 1.807) is 0 Å². The molecule has 0 aromatic heterocycles. The maximum atomic E-state index is 13.0. The number of hydrogen-bond donors (Lipinski definition) is 1. The molecule has 2 aromatic carbocycles. The Morgan fingerprint density at radius 3 is 2.00 bits per heavy atom. The SMILES string of the molecule is CCCC(C)(N)C(=O)N1Cc2ccccc2-c2ccccc2C1. The van der Waals surface area contributed by atoms with Gasteiger partial charge in [-0.05, 0) is 35.6 Å². The number of nitrogens with two attached hydrogens (primary N) is 1. The van der Waals surface area contributed by atoms with Crippen LogP contribution >= 0.6 is 0 Å². The topological polar surface area (TPSA) is 46.3 Å². The summed E-state index contributed by atoms with van der Waals surface area (Å²) in [5, 5.41) is 0. The van der Waals surface area contributed by atoms with Crippen molar-refractivity contribution in [3.8, 4) is 11.1 Å². The highest BCUT2D eigenvalue weighted by Gasteiger charge is 2.33. The number of hydrogen-bond acceptors (Lipinski definition) is 2. The van der Waals surface area contributed by atoms with E-state index in [1.807, 2.05) is 24.0 Å². The second-order valence-electron chi connectivity index (χ2n) is 6.64. The molecule has 2 aromatic rings. The molecule has 1 aliphatic rings. The Balaban J connectivity index is 2.03. The van der Waals surface area contributed by atoms with E-state index in [0.717, 1.165) is 6.42 Å². The Morgan fingerprint density at radius 1 is 1.04 bits per heavy atom. The zero-order valence-electron chi connectivity index (χ0n) is 13.9. The van der Waals surface area contributed by atoms with Gasteiger partial charge in [-0.1, -0.05) is 61.9 Å². The highest BCUT2D eigenvalue weighted by Crippen LogP contribution is 2.33. The molecule has 1 amide bonds. The minimum absolute atomic E-state index is 0.0332. The van der Waals surface area contributed by atoms with E-state index in [2.05, 4.69) is 43.3 Å². The van der Waals surface area contributed by atoms with Gasteiger partial charge in [0, 0.05) is 13.1 Å². The number of rotatable bonds is 3. The predicted octanol–water partition coefficient (Wildman–Crippen LogP) is 3.71. The quantitative estimate of drug-likeness (QED) is 0.939. The monoisotopic (exact) mass is 308 g/mol.